The van der Waals surface area contributed by atoms with Crippen molar-refractivity contribution in [3.63, 3.8) is 0 Å². The number of alkyl halides is 3. The molecule has 51 heavy (non-hydrogen) atoms. The Hall–Kier alpha value is -5.01. The minimum absolute atomic E-state index is 0.0188. The van der Waals surface area contributed by atoms with Crippen LogP contribution in [0.1, 0.15) is 72.2 Å². The average molecular weight is 714 g/mol. The van der Waals surface area contributed by atoms with Crippen molar-refractivity contribution in [2.75, 3.05) is 19.6 Å². The van der Waals surface area contributed by atoms with E-state index in [-0.39, 0.29) is 59.0 Å². The number of hydrogen-bond donors (Lipinski definition) is 2. The van der Waals surface area contributed by atoms with Gasteiger partial charge in [-0.3, -0.25) is 14.4 Å². The molecule has 0 bridgehead atoms. The van der Waals surface area contributed by atoms with Crippen LogP contribution in [0.3, 0.4) is 0 Å². The molecule has 1 fully saturated rings. The number of carboxylic acid groups (broad SMARTS) is 1. The summed E-state index contributed by atoms with van der Waals surface area (Å²) in [5, 5.41) is 12.1. The highest BCUT2D eigenvalue weighted by atomic mass is 19.4. The normalized spacial score (nSPS) is 14.8. The average Bonchev–Trinajstić information content (AvgIpc) is 2.99. The molecule has 270 valence electrons. The van der Waals surface area contributed by atoms with Gasteiger partial charge < -0.3 is 19.9 Å². The number of pyridine rings is 1. The monoisotopic (exact) mass is 713 g/mol. The lowest BCUT2D eigenvalue weighted by molar-refractivity contribution is -0.139. The van der Waals surface area contributed by atoms with Crippen LogP contribution in [-0.4, -0.2) is 46.1 Å². The van der Waals surface area contributed by atoms with Gasteiger partial charge in [0.25, 0.3) is 5.56 Å². The Bertz CT molecular complexity index is 1960. The molecule has 4 rings (SSSR count). The first-order chi connectivity index (χ1) is 23.9. The summed E-state index contributed by atoms with van der Waals surface area (Å²) in [5.74, 6) is -1.49. The number of rotatable bonds is 12. The van der Waals surface area contributed by atoms with Gasteiger partial charge in [-0.1, -0.05) is 19.8 Å². The van der Waals surface area contributed by atoms with E-state index in [0.717, 1.165) is 29.0 Å². The number of carbonyl (C=O) groups is 2. The molecule has 1 aromatic heterocycles. The number of halogens is 6. The van der Waals surface area contributed by atoms with Gasteiger partial charge in [0.15, 0.2) is 0 Å². The van der Waals surface area contributed by atoms with Crippen LogP contribution in [0.4, 0.5) is 26.3 Å². The Morgan fingerprint density at radius 3 is 2.20 bits per heavy atom. The van der Waals surface area contributed by atoms with Crippen molar-refractivity contribution >= 4 is 11.9 Å². The van der Waals surface area contributed by atoms with Crippen molar-refractivity contribution in [1.29, 1.82) is 0 Å². The molecule has 2 aromatic carbocycles. The van der Waals surface area contributed by atoms with Gasteiger partial charge in [0, 0.05) is 48.9 Å². The van der Waals surface area contributed by atoms with E-state index in [2.05, 4.69) is 17.2 Å². The van der Waals surface area contributed by atoms with Crippen LogP contribution in [0.15, 0.2) is 35.3 Å². The molecule has 13 heteroatoms. The number of carboxylic acids is 1. The maximum Gasteiger partial charge on any atom is 0.416 e. The van der Waals surface area contributed by atoms with Crippen molar-refractivity contribution in [2.24, 2.45) is 11.8 Å². The fraction of sp³-hybridized carbons (Fsp3) is 0.395. The number of aliphatic carboxylic acids is 1. The second-order valence-electron chi connectivity index (χ2n) is 13.2. The molecule has 0 saturated carbocycles. The SMILES string of the molecule is C#Cc1cc(-c2c(C)cc(F)cc2C)c(F)c([C@@H](CC(=O)O)NC(=O)[C@H](CC(C)C)n2cc(CCN3CC(C#C)C3)c(C(F)(F)F)cc2=O)c1F. The van der Waals surface area contributed by atoms with E-state index in [4.69, 9.17) is 12.8 Å². The highest BCUT2D eigenvalue weighted by Crippen LogP contribution is 2.38. The number of aromatic nitrogens is 1. The Labute approximate surface area is 291 Å². The first-order valence-electron chi connectivity index (χ1n) is 16.1. The zero-order valence-corrected chi connectivity index (χ0v) is 28.4. The summed E-state index contributed by atoms with van der Waals surface area (Å²) in [6, 6.07) is 0.284. The highest BCUT2D eigenvalue weighted by Gasteiger charge is 2.37. The fourth-order valence-electron chi connectivity index (χ4n) is 6.48. The molecule has 2 N–H and O–H groups in total. The number of carbonyl (C=O) groups excluding carboxylic acids is 1. The summed E-state index contributed by atoms with van der Waals surface area (Å²) in [5.41, 5.74) is -3.50. The van der Waals surface area contributed by atoms with Crippen molar-refractivity contribution < 1.29 is 41.0 Å². The van der Waals surface area contributed by atoms with Crippen molar-refractivity contribution in [2.45, 2.75) is 65.2 Å². The highest BCUT2D eigenvalue weighted by molar-refractivity contribution is 5.82. The van der Waals surface area contributed by atoms with Gasteiger partial charge >= 0.3 is 12.1 Å². The topological polar surface area (TPSA) is 91.6 Å². The number of terminal acetylenes is 2. The second-order valence-corrected chi connectivity index (χ2v) is 13.2. The lowest BCUT2D eigenvalue weighted by atomic mass is 9.89. The zero-order chi connectivity index (χ0) is 37.9. The van der Waals surface area contributed by atoms with Gasteiger partial charge in [0.05, 0.1) is 23.6 Å². The molecular formula is C38H37F6N3O4. The Morgan fingerprint density at radius 1 is 1.04 bits per heavy atom. The predicted molar refractivity (Wildman–Crippen MR) is 179 cm³/mol. The molecule has 0 spiro atoms. The van der Waals surface area contributed by atoms with Crippen LogP contribution >= 0.6 is 0 Å². The molecular weight excluding hydrogens is 676 g/mol. The van der Waals surface area contributed by atoms with Crippen LogP contribution in [0.5, 0.6) is 0 Å². The number of benzene rings is 2. The number of amides is 1. The molecule has 2 atom stereocenters. The molecule has 7 nitrogen and oxygen atoms in total. The standard InChI is InChI=1S/C38H37F6N3O4/c1-7-23-17-46(18-23)10-9-25-19-47(31(48)15-28(25)38(42,43)44)30(11-20(3)4)37(51)45-29(16-32(49)50)34-35(40)24(8-2)14-27(36(34)41)33-21(5)12-26(39)13-22(33)6/h1-2,12-15,19-20,23,29-30H,9-11,16-18H2,3-6H3,(H,45,51)(H,49,50)/t29-,30+/m1/s1. The summed E-state index contributed by atoms with van der Waals surface area (Å²) >= 11 is 0. The summed E-state index contributed by atoms with van der Waals surface area (Å²) < 4.78 is 89.6. The molecule has 0 unspecified atom stereocenters. The summed E-state index contributed by atoms with van der Waals surface area (Å²) in [7, 11) is 0. The van der Waals surface area contributed by atoms with Crippen LogP contribution in [0.2, 0.25) is 0 Å². The fourth-order valence-corrected chi connectivity index (χ4v) is 6.48. The lowest BCUT2D eigenvalue weighted by Crippen LogP contribution is -2.46. The van der Waals surface area contributed by atoms with Gasteiger partial charge in [-0.05, 0) is 73.1 Å². The van der Waals surface area contributed by atoms with E-state index >= 15 is 8.78 Å². The Kier molecular flexibility index (Phi) is 11.8. The molecule has 0 radical (unpaired) electrons. The zero-order valence-electron chi connectivity index (χ0n) is 28.4. The number of likely N-dealkylation sites (tertiary alicyclic amines) is 1. The first kappa shape index (κ1) is 38.8. The van der Waals surface area contributed by atoms with E-state index in [0.29, 0.717) is 19.2 Å². The van der Waals surface area contributed by atoms with E-state index in [1.54, 1.807) is 13.8 Å². The summed E-state index contributed by atoms with van der Waals surface area (Å²) in [6.07, 6.45) is 5.73. The molecule has 1 saturated heterocycles. The minimum atomic E-state index is -4.89. The first-order valence-corrected chi connectivity index (χ1v) is 16.1. The molecule has 0 aliphatic carbocycles. The summed E-state index contributed by atoms with van der Waals surface area (Å²) in [4.78, 5) is 41.2. The van der Waals surface area contributed by atoms with Gasteiger partial charge in [-0.2, -0.15) is 13.2 Å². The van der Waals surface area contributed by atoms with Crippen LogP contribution in [0.25, 0.3) is 11.1 Å². The molecule has 1 amide bonds. The molecule has 1 aliphatic heterocycles. The van der Waals surface area contributed by atoms with E-state index in [1.807, 2.05) is 4.90 Å². The number of nitrogens with one attached hydrogen (secondary N) is 1. The maximum atomic E-state index is 16.5. The summed E-state index contributed by atoms with van der Waals surface area (Å²) in [6.45, 7) is 7.54. The quantitative estimate of drug-likeness (QED) is 0.164. The van der Waals surface area contributed by atoms with Crippen LogP contribution < -0.4 is 10.9 Å². The van der Waals surface area contributed by atoms with Crippen molar-refractivity contribution in [1.82, 2.24) is 14.8 Å². The third kappa shape index (κ3) is 8.66. The molecule has 1 aliphatic rings. The third-order valence-electron chi connectivity index (χ3n) is 8.89. The van der Waals surface area contributed by atoms with E-state index in [9.17, 15) is 37.1 Å². The van der Waals surface area contributed by atoms with Crippen LogP contribution in [0, 0.1) is 67.8 Å². The Balaban J connectivity index is 1.82. The van der Waals surface area contributed by atoms with Crippen molar-refractivity contribution in [3.05, 3.63) is 91.6 Å². The van der Waals surface area contributed by atoms with E-state index in [1.165, 1.54) is 13.8 Å². The van der Waals surface area contributed by atoms with Crippen LogP contribution in [-0.2, 0) is 22.2 Å². The van der Waals surface area contributed by atoms with Gasteiger partial charge in [-0.15, -0.1) is 18.8 Å². The second kappa shape index (κ2) is 15.5. The number of nitrogens with zero attached hydrogens (tertiary/aromatic N) is 2. The lowest BCUT2D eigenvalue weighted by Gasteiger charge is -2.36. The minimum Gasteiger partial charge on any atom is -0.481 e. The van der Waals surface area contributed by atoms with Gasteiger partial charge in [-0.25, -0.2) is 13.2 Å². The van der Waals surface area contributed by atoms with Gasteiger partial charge in [0.2, 0.25) is 5.91 Å². The number of hydrogen-bond acceptors (Lipinski definition) is 4. The maximum absolute atomic E-state index is 16.5. The van der Waals surface area contributed by atoms with Crippen molar-refractivity contribution in [3.8, 4) is 35.8 Å². The third-order valence-corrected chi connectivity index (χ3v) is 8.89. The van der Waals surface area contributed by atoms with Gasteiger partial charge in [0.1, 0.15) is 23.5 Å². The molecule has 2 heterocycles. The predicted octanol–water partition coefficient (Wildman–Crippen LogP) is 6.58. The number of aryl methyl sites for hydroxylation is 2. The largest absolute Gasteiger partial charge is 0.481 e. The molecule has 3 aromatic rings. The van der Waals surface area contributed by atoms with E-state index < -0.39 is 76.3 Å². The Morgan fingerprint density at radius 2 is 1.67 bits per heavy atom. The smallest absolute Gasteiger partial charge is 0.416 e.